The number of aryl methyl sites for hydroxylation is 4. The molecular formula is C33H41BrN12O5. The number of aromatic nitrogens is 4. The summed E-state index contributed by atoms with van der Waals surface area (Å²) in [5.41, 5.74) is 2.76. The van der Waals surface area contributed by atoms with Gasteiger partial charge >= 0.3 is 0 Å². The lowest BCUT2D eigenvalue weighted by molar-refractivity contribution is -0.112. The summed E-state index contributed by atoms with van der Waals surface area (Å²) in [4.78, 5) is 68.1. The van der Waals surface area contributed by atoms with Crippen molar-refractivity contribution in [3.8, 4) is 0 Å². The van der Waals surface area contributed by atoms with Crippen LogP contribution in [0.4, 0.5) is 22.7 Å². The predicted octanol–water partition coefficient (Wildman–Crippen LogP) is 2.56. The fourth-order valence-electron chi connectivity index (χ4n) is 5.09. The molecule has 7 N–H and O–H groups in total. The molecule has 0 aliphatic carbocycles. The number of nitrogens with one attached hydrogen (secondary N) is 7. The Balaban J connectivity index is 1.33. The number of hydrogen-bond donors (Lipinski definition) is 7. The van der Waals surface area contributed by atoms with E-state index in [0.717, 1.165) is 0 Å². The van der Waals surface area contributed by atoms with E-state index in [-0.39, 0.29) is 27.5 Å². The monoisotopic (exact) mass is 764 g/mol. The summed E-state index contributed by atoms with van der Waals surface area (Å²) in [6.07, 6.45) is 7.09. The number of guanidine groups is 1. The van der Waals surface area contributed by atoms with E-state index in [1.54, 1.807) is 91.4 Å². The zero-order chi connectivity index (χ0) is 37.4. The highest BCUT2D eigenvalue weighted by Crippen LogP contribution is 2.21. The Morgan fingerprint density at radius 1 is 0.627 bits per heavy atom. The lowest BCUT2D eigenvalue weighted by atomic mass is 10.3. The van der Waals surface area contributed by atoms with Crippen molar-refractivity contribution in [2.75, 3.05) is 48.5 Å². The normalized spacial score (nSPS) is 11.1. The smallest absolute Gasteiger partial charge is 0.272 e. The number of anilines is 4. The zero-order valence-corrected chi connectivity index (χ0v) is 30.7. The fraction of sp³-hybridized carbons (Fsp3) is 0.273. The number of carbonyl (C=O) groups excluding carboxylic acids is 5. The Labute approximate surface area is 302 Å². The molecule has 5 amide bonds. The molecule has 0 bridgehead atoms. The molecule has 18 heteroatoms. The second kappa shape index (κ2) is 16.6. The van der Waals surface area contributed by atoms with Crippen molar-refractivity contribution in [1.29, 1.82) is 0 Å². The van der Waals surface area contributed by atoms with Crippen LogP contribution in [0.5, 0.6) is 0 Å². The first-order valence-electron chi connectivity index (χ1n) is 15.6. The van der Waals surface area contributed by atoms with Gasteiger partial charge in [-0.05, 0) is 46.6 Å². The molecule has 0 aliphatic rings. The van der Waals surface area contributed by atoms with Crippen molar-refractivity contribution < 1.29 is 24.0 Å². The molecule has 0 aliphatic heterocycles. The van der Waals surface area contributed by atoms with Crippen molar-refractivity contribution >= 4 is 74.2 Å². The quantitative estimate of drug-likeness (QED) is 0.0469. The zero-order valence-electron chi connectivity index (χ0n) is 29.1. The summed E-state index contributed by atoms with van der Waals surface area (Å²) >= 11 is 3.02. The summed E-state index contributed by atoms with van der Waals surface area (Å²) in [6.45, 7) is 4.60. The number of rotatable bonds is 13. The number of hydrogen-bond acceptors (Lipinski definition) is 6. The van der Waals surface area contributed by atoms with Gasteiger partial charge in [0, 0.05) is 80.2 Å². The van der Waals surface area contributed by atoms with Crippen LogP contribution < -0.4 is 37.2 Å². The van der Waals surface area contributed by atoms with E-state index < -0.39 is 23.6 Å². The Morgan fingerprint density at radius 2 is 0.980 bits per heavy atom. The number of aliphatic imine (C=N–C) groups is 1. The van der Waals surface area contributed by atoms with Crippen molar-refractivity contribution in [3.63, 3.8) is 0 Å². The maximum absolute atomic E-state index is 13.2. The van der Waals surface area contributed by atoms with Crippen LogP contribution in [-0.4, -0.2) is 80.9 Å². The van der Waals surface area contributed by atoms with Crippen molar-refractivity contribution in [1.82, 2.24) is 34.2 Å². The number of amides is 5. The Morgan fingerprint density at radius 3 is 1.33 bits per heavy atom. The average molecular weight is 766 g/mol. The van der Waals surface area contributed by atoms with Gasteiger partial charge in [0.25, 0.3) is 29.5 Å². The minimum absolute atomic E-state index is 0.147. The van der Waals surface area contributed by atoms with Crippen molar-refractivity contribution in [2.45, 2.75) is 6.42 Å². The van der Waals surface area contributed by atoms with Crippen LogP contribution in [0.1, 0.15) is 48.4 Å². The van der Waals surface area contributed by atoms with Gasteiger partial charge in [-0.15, -0.1) is 0 Å². The highest BCUT2D eigenvalue weighted by atomic mass is 79.9. The van der Waals surface area contributed by atoms with Gasteiger partial charge < -0.3 is 55.5 Å². The molecule has 0 saturated heterocycles. The van der Waals surface area contributed by atoms with E-state index in [0.29, 0.717) is 53.9 Å². The van der Waals surface area contributed by atoms with E-state index in [1.165, 1.54) is 18.2 Å². The second-order valence-corrected chi connectivity index (χ2v) is 12.4. The summed E-state index contributed by atoms with van der Waals surface area (Å²) < 4.78 is 6.45. The van der Waals surface area contributed by atoms with Crippen LogP contribution in [-0.2, 0) is 33.0 Å². The molecular weight excluding hydrogens is 724 g/mol. The molecule has 4 aromatic heterocycles. The van der Waals surface area contributed by atoms with E-state index in [2.05, 4.69) is 64.7 Å². The lowest BCUT2D eigenvalue weighted by Gasteiger charge is -2.09. The maximum atomic E-state index is 13.2. The van der Waals surface area contributed by atoms with Crippen LogP contribution in [0.3, 0.4) is 0 Å². The number of nitrogens with zero attached hydrogens (tertiary/aromatic N) is 5. The number of carbonyl (C=O) groups is 5. The molecule has 0 radical (unpaired) electrons. The van der Waals surface area contributed by atoms with Gasteiger partial charge in [0.1, 0.15) is 22.8 Å². The van der Waals surface area contributed by atoms with Crippen LogP contribution in [0, 0.1) is 0 Å². The Kier molecular flexibility index (Phi) is 12.3. The molecule has 270 valence electrons. The molecule has 17 nitrogen and oxygen atoms in total. The van der Waals surface area contributed by atoms with Crippen LogP contribution in [0.25, 0.3) is 0 Å². The topological polar surface area (TPSA) is 202 Å². The van der Waals surface area contributed by atoms with Crippen molar-refractivity contribution in [2.24, 2.45) is 33.2 Å². The van der Waals surface area contributed by atoms with Gasteiger partial charge in [0.05, 0.1) is 27.2 Å². The van der Waals surface area contributed by atoms with Crippen LogP contribution in [0.15, 0.2) is 65.1 Å². The summed E-state index contributed by atoms with van der Waals surface area (Å²) in [6, 6.07) is 6.15. The van der Waals surface area contributed by atoms with E-state index in [9.17, 15) is 24.0 Å². The molecule has 51 heavy (non-hydrogen) atoms. The summed E-state index contributed by atoms with van der Waals surface area (Å²) in [5, 5.41) is 19.9. The Bertz CT molecular complexity index is 2010. The predicted molar refractivity (Wildman–Crippen MR) is 200 cm³/mol. The molecule has 0 spiro atoms. The van der Waals surface area contributed by atoms with Gasteiger partial charge in [-0.2, -0.15) is 0 Å². The number of halogens is 1. The Hall–Kier alpha value is -6.04. The SMILES string of the molecule is C=C(Br)C(=O)Nc1cc(C(=O)Nc2cc(C(=O)Nc3cc(C(=O)Nc4cc(C(=O)NCCCNC(=NC)NC)n(C)c4)n(C)c3)n(C)c2)n(C)c1. The first-order valence-corrected chi connectivity index (χ1v) is 16.4. The van der Waals surface area contributed by atoms with Gasteiger partial charge in [-0.25, -0.2) is 0 Å². The third-order valence-corrected chi connectivity index (χ3v) is 7.98. The minimum atomic E-state index is -0.468. The third kappa shape index (κ3) is 9.56. The third-order valence-electron chi connectivity index (χ3n) is 7.62. The van der Waals surface area contributed by atoms with Gasteiger partial charge in [-0.1, -0.05) is 6.58 Å². The highest BCUT2D eigenvalue weighted by Gasteiger charge is 2.20. The van der Waals surface area contributed by atoms with E-state index >= 15 is 0 Å². The molecule has 4 aromatic rings. The minimum Gasteiger partial charge on any atom is -0.359 e. The second-order valence-electron chi connectivity index (χ2n) is 11.5. The van der Waals surface area contributed by atoms with Crippen LogP contribution in [0.2, 0.25) is 0 Å². The van der Waals surface area contributed by atoms with Gasteiger partial charge in [0.2, 0.25) is 0 Å². The molecule has 0 saturated carbocycles. The standard InChI is InChI=1S/C33H41BrN12O5/c1-19(34)28(47)39-20-12-25(44(5)15-20)30(49)41-22-14-27(46(7)17-22)32(51)42-23-13-26(45(6)18-23)31(50)40-21-11-24(43(4)16-21)29(48)37-9-8-10-38-33(35-2)36-3/h11-18H,1,8-10H2,2-7H3,(H,37,48)(H,39,47)(H,40,50)(H,41,49)(H,42,51)(H2,35,36,38). The molecule has 0 atom stereocenters. The van der Waals surface area contributed by atoms with E-state index in [1.807, 2.05) is 0 Å². The maximum Gasteiger partial charge on any atom is 0.272 e. The highest BCUT2D eigenvalue weighted by molar-refractivity contribution is 9.12. The average Bonchev–Trinajstić information content (AvgIpc) is 3.83. The first kappa shape index (κ1) is 37.8. The molecule has 0 aromatic carbocycles. The lowest BCUT2D eigenvalue weighted by Crippen LogP contribution is -2.36. The van der Waals surface area contributed by atoms with Gasteiger partial charge in [0.15, 0.2) is 5.96 Å². The fourth-order valence-corrected chi connectivity index (χ4v) is 5.18. The summed E-state index contributed by atoms with van der Waals surface area (Å²) in [5.74, 6) is -1.41. The largest absolute Gasteiger partial charge is 0.359 e. The summed E-state index contributed by atoms with van der Waals surface area (Å²) in [7, 11) is 10.1. The van der Waals surface area contributed by atoms with Crippen LogP contribution >= 0.6 is 15.9 Å². The molecule has 0 fully saturated rings. The van der Waals surface area contributed by atoms with Gasteiger partial charge in [-0.3, -0.25) is 29.0 Å². The van der Waals surface area contributed by atoms with E-state index in [4.69, 9.17) is 0 Å². The first-order chi connectivity index (χ1) is 24.2. The van der Waals surface area contributed by atoms with Crippen molar-refractivity contribution in [3.05, 3.63) is 82.9 Å². The molecule has 0 unspecified atom stereocenters. The molecule has 4 heterocycles. The molecule has 4 rings (SSSR count).